The van der Waals surface area contributed by atoms with Gasteiger partial charge in [-0.25, -0.2) is 9.18 Å². The maximum absolute atomic E-state index is 12.9. The standard InChI is InChI=1S/C19H19F4N3O/c20-16-6-4-14(5-7-16)13-25-8-10-26(11-9-25)18(27)24-17-3-1-2-15(12-17)19(21,22)23/h1-7,12H,8-11,13H2,(H,24,27). The molecule has 3 rings (SSSR count). The summed E-state index contributed by atoms with van der Waals surface area (Å²) in [4.78, 5) is 16.0. The molecule has 2 aromatic carbocycles. The Labute approximate surface area is 154 Å². The first-order chi connectivity index (χ1) is 12.8. The lowest BCUT2D eigenvalue weighted by Crippen LogP contribution is -2.49. The molecule has 144 valence electrons. The van der Waals surface area contributed by atoms with Crippen molar-refractivity contribution in [2.75, 3.05) is 31.5 Å². The van der Waals surface area contributed by atoms with Gasteiger partial charge in [0.05, 0.1) is 5.56 Å². The van der Waals surface area contributed by atoms with Gasteiger partial charge in [-0.1, -0.05) is 18.2 Å². The summed E-state index contributed by atoms with van der Waals surface area (Å²) in [5, 5.41) is 2.52. The summed E-state index contributed by atoms with van der Waals surface area (Å²) in [5.74, 6) is -0.283. The predicted molar refractivity (Wildman–Crippen MR) is 93.7 cm³/mol. The maximum atomic E-state index is 12.9. The number of nitrogens with zero attached hydrogens (tertiary/aromatic N) is 2. The number of alkyl halides is 3. The third-order valence-electron chi connectivity index (χ3n) is 4.42. The smallest absolute Gasteiger partial charge is 0.322 e. The van der Waals surface area contributed by atoms with Crippen LogP contribution in [-0.2, 0) is 12.7 Å². The average molecular weight is 381 g/mol. The van der Waals surface area contributed by atoms with Crippen LogP contribution < -0.4 is 5.32 Å². The molecule has 2 amide bonds. The zero-order valence-corrected chi connectivity index (χ0v) is 14.5. The highest BCUT2D eigenvalue weighted by Crippen LogP contribution is 2.30. The van der Waals surface area contributed by atoms with Gasteiger partial charge in [-0.15, -0.1) is 0 Å². The Hall–Kier alpha value is -2.61. The van der Waals surface area contributed by atoms with E-state index in [4.69, 9.17) is 0 Å². The van der Waals surface area contributed by atoms with E-state index >= 15 is 0 Å². The number of carbonyl (C=O) groups is 1. The highest BCUT2D eigenvalue weighted by molar-refractivity contribution is 5.89. The Morgan fingerprint density at radius 2 is 1.67 bits per heavy atom. The van der Waals surface area contributed by atoms with E-state index in [0.29, 0.717) is 32.7 Å². The number of rotatable bonds is 3. The molecule has 1 aliphatic heterocycles. The number of carbonyl (C=O) groups excluding carboxylic acids is 1. The molecule has 1 saturated heterocycles. The van der Waals surface area contributed by atoms with E-state index in [1.165, 1.54) is 24.3 Å². The first-order valence-electron chi connectivity index (χ1n) is 8.51. The molecule has 1 fully saturated rings. The predicted octanol–water partition coefficient (Wildman–Crippen LogP) is 4.19. The van der Waals surface area contributed by atoms with Gasteiger partial charge in [0.1, 0.15) is 5.82 Å². The monoisotopic (exact) mass is 381 g/mol. The van der Waals surface area contributed by atoms with Crippen molar-refractivity contribution in [3.63, 3.8) is 0 Å². The molecule has 0 aromatic heterocycles. The molecule has 0 bridgehead atoms. The minimum absolute atomic E-state index is 0.114. The zero-order valence-electron chi connectivity index (χ0n) is 14.5. The second kappa shape index (κ2) is 7.96. The molecule has 1 N–H and O–H groups in total. The van der Waals surface area contributed by atoms with Crippen LogP contribution in [0.4, 0.5) is 28.0 Å². The largest absolute Gasteiger partial charge is 0.416 e. The van der Waals surface area contributed by atoms with E-state index < -0.39 is 17.8 Å². The normalized spacial score (nSPS) is 15.6. The first kappa shape index (κ1) is 19.2. The molecule has 1 aliphatic rings. The summed E-state index contributed by atoms with van der Waals surface area (Å²) in [7, 11) is 0. The molecule has 0 saturated carbocycles. The van der Waals surface area contributed by atoms with Gasteiger partial charge in [-0.3, -0.25) is 4.90 Å². The van der Waals surface area contributed by atoms with Crippen LogP contribution >= 0.6 is 0 Å². The Balaban J connectivity index is 1.52. The van der Waals surface area contributed by atoms with Crippen LogP contribution in [0.25, 0.3) is 0 Å². The van der Waals surface area contributed by atoms with Crippen LogP contribution in [0.2, 0.25) is 0 Å². The van der Waals surface area contributed by atoms with Gasteiger partial charge in [0.25, 0.3) is 0 Å². The number of amides is 2. The Morgan fingerprint density at radius 1 is 1.00 bits per heavy atom. The van der Waals surface area contributed by atoms with Crippen molar-refractivity contribution in [3.8, 4) is 0 Å². The number of urea groups is 1. The third-order valence-corrected chi connectivity index (χ3v) is 4.42. The number of halogens is 4. The topological polar surface area (TPSA) is 35.6 Å². The van der Waals surface area contributed by atoms with Gasteiger partial charge in [0.2, 0.25) is 0 Å². The minimum atomic E-state index is -4.45. The summed E-state index contributed by atoms with van der Waals surface area (Å²) >= 11 is 0. The van der Waals surface area contributed by atoms with Crippen LogP contribution in [0.1, 0.15) is 11.1 Å². The van der Waals surface area contributed by atoms with E-state index in [1.807, 2.05) is 0 Å². The number of piperazine rings is 1. The number of nitrogens with one attached hydrogen (secondary N) is 1. The molecule has 0 atom stereocenters. The lowest BCUT2D eigenvalue weighted by Gasteiger charge is -2.34. The van der Waals surface area contributed by atoms with Gasteiger partial charge in [0.15, 0.2) is 0 Å². The number of hydrogen-bond donors (Lipinski definition) is 1. The van der Waals surface area contributed by atoms with Crippen LogP contribution in [0, 0.1) is 5.82 Å². The SMILES string of the molecule is O=C(Nc1cccc(C(F)(F)F)c1)N1CCN(Cc2ccc(F)cc2)CC1. The van der Waals surface area contributed by atoms with Gasteiger partial charge in [-0.05, 0) is 35.9 Å². The fourth-order valence-corrected chi connectivity index (χ4v) is 2.93. The van der Waals surface area contributed by atoms with E-state index in [1.54, 1.807) is 17.0 Å². The molecule has 0 spiro atoms. The van der Waals surface area contributed by atoms with Crippen LogP contribution in [0.3, 0.4) is 0 Å². The average Bonchev–Trinajstić information content (AvgIpc) is 2.64. The van der Waals surface area contributed by atoms with E-state index in [2.05, 4.69) is 10.2 Å². The summed E-state index contributed by atoms with van der Waals surface area (Å²) in [5.41, 5.74) is 0.297. The highest BCUT2D eigenvalue weighted by atomic mass is 19.4. The molecular formula is C19H19F4N3O. The van der Waals surface area contributed by atoms with E-state index in [-0.39, 0.29) is 11.5 Å². The van der Waals surface area contributed by atoms with Crippen molar-refractivity contribution >= 4 is 11.7 Å². The van der Waals surface area contributed by atoms with Crippen molar-refractivity contribution in [2.24, 2.45) is 0 Å². The number of hydrogen-bond acceptors (Lipinski definition) is 2. The second-order valence-electron chi connectivity index (χ2n) is 6.40. The number of benzene rings is 2. The maximum Gasteiger partial charge on any atom is 0.416 e. The summed E-state index contributed by atoms with van der Waals surface area (Å²) < 4.78 is 51.2. The molecule has 8 heteroatoms. The zero-order chi connectivity index (χ0) is 19.4. The molecule has 0 radical (unpaired) electrons. The fraction of sp³-hybridized carbons (Fsp3) is 0.316. The molecule has 0 aliphatic carbocycles. The fourth-order valence-electron chi connectivity index (χ4n) is 2.93. The lowest BCUT2D eigenvalue weighted by atomic mass is 10.2. The Morgan fingerprint density at radius 3 is 2.30 bits per heavy atom. The van der Waals surface area contributed by atoms with Gasteiger partial charge in [-0.2, -0.15) is 13.2 Å². The molecule has 27 heavy (non-hydrogen) atoms. The highest BCUT2D eigenvalue weighted by Gasteiger charge is 2.30. The summed E-state index contributed by atoms with van der Waals surface area (Å²) in [6, 6.07) is 10.4. The van der Waals surface area contributed by atoms with Crippen LogP contribution in [0.5, 0.6) is 0 Å². The van der Waals surface area contributed by atoms with Crippen molar-refractivity contribution < 1.29 is 22.4 Å². The van der Waals surface area contributed by atoms with Crippen molar-refractivity contribution in [2.45, 2.75) is 12.7 Å². The molecule has 2 aromatic rings. The Bertz CT molecular complexity index is 784. The Kier molecular flexibility index (Phi) is 5.65. The first-order valence-corrected chi connectivity index (χ1v) is 8.51. The molecular weight excluding hydrogens is 362 g/mol. The lowest BCUT2D eigenvalue weighted by molar-refractivity contribution is -0.137. The quantitative estimate of drug-likeness (QED) is 0.809. The molecule has 1 heterocycles. The van der Waals surface area contributed by atoms with Crippen LogP contribution in [-0.4, -0.2) is 42.0 Å². The molecule has 0 unspecified atom stereocenters. The van der Waals surface area contributed by atoms with Crippen molar-refractivity contribution in [1.82, 2.24) is 9.80 Å². The van der Waals surface area contributed by atoms with Crippen molar-refractivity contribution in [3.05, 3.63) is 65.5 Å². The van der Waals surface area contributed by atoms with E-state index in [0.717, 1.165) is 17.7 Å². The van der Waals surface area contributed by atoms with Gasteiger partial charge >= 0.3 is 12.2 Å². The van der Waals surface area contributed by atoms with Gasteiger partial charge < -0.3 is 10.2 Å². The summed E-state index contributed by atoms with van der Waals surface area (Å²) in [6.07, 6.45) is -4.45. The van der Waals surface area contributed by atoms with Crippen LogP contribution in [0.15, 0.2) is 48.5 Å². The molecule has 4 nitrogen and oxygen atoms in total. The van der Waals surface area contributed by atoms with E-state index in [9.17, 15) is 22.4 Å². The summed E-state index contributed by atoms with van der Waals surface area (Å²) in [6.45, 7) is 2.85. The van der Waals surface area contributed by atoms with Crippen molar-refractivity contribution in [1.29, 1.82) is 0 Å². The third kappa shape index (κ3) is 5.19. The number of anilines is 1. The van der Waals surface area contributed by atoms with Gasteiger partial charge in [0, 0.05) is 38.4 Å². The minimum Gasteiger partial charge on any atom is -0.322 e. The second-order valence-corrected chi connectivity index (χ2v) is 6.40.